The lowest BCUT2D eigenvalue weighted by molar-refractivity contribution is -0.137. The van der Waals surface area contributed by atoms with Gasteiger partial charge in [0, 0.05) is 18.6 Å². The molecule has 0 radical (unpaired) electrons. The zero-order valence-electron chi connectivity index (χ0n) is 10.5. The van der Waals surface area contributed by atoms with Crippen LogP contribution in [0.2, 0.25) is 5.02 Å². The van der Waals surface area contributed by atoms with Crippen LogP contribution < -0.4 is 10.6 Å². The zero-order chi connectivity index (χ0) is 14.2. The zero-order valence-corrected chi connectivity index (χ0v) is 11.3. The van der Waals surface area contributed by atoms with Gasteiger partial charge in [0.2, 0.25) is 0 Å². The second-order valence-corrected chi connectivity index (χ2v) is 5.40. The van der Waals surface area contributed by atoms with E-state index in [0.29, 0.717) is 17.3 Å². The maximum absolute atomic E-state index is 12.7. The minimum absolute atomic E-state index is 0.0877. The fourth-order valence-electron chi connectivity index (χ4n) is 2.48. The summed E-state index contributed by atoms with van der Waals surface area (Å²) in [4.78, 5) is 1.90. The standard InChI is InChI=1S/C13H16ClF3N2/c1-8-6-10(18)4-5-19(8)12-7-9(13(15,16)17)2-3-11(12)14/h2-3,7-8,10H,4-6,18H2,1H3. The van der Waals surface area contributed by atoms with Crippen molar-refractivity contribution < 1.29 is 13.2 Å². The van der Waals surface area contributed by atoms with Gasteiger partial charge in [0.1, 0.15) is 0 Å². The Hall–Kier alpha value is -0.940. The molecular weight excluding hydrogens is 277 g/mol. The fourth-order valence-corrected chi connectivity index (χ4v) is 2.70. The van der Waals surface area contributed by atoms with E-state index in [1.807, 2.05) is 11.8 Å². The van der Waals surface area contributed by atoms with Gasteiger partial charge in [0.15, 0.2) is 0 Å². The largest absolute Gasteiger partial charge is 0.416 e. The number of halogens is 4. The first-order valence-corrected chi connectivity index (χ1v) is 6.56. The van der Waals surface area contributed by atoms with Crippen molar-refractivity contribution >= 4 is 17.3 Å². The minimum atomic E-state index is -4.35. The lowest BCUT2D eigenvalue weighted by atomic mass is 9.98. The average molecular weight is 293 g/mol. The summed E-state index contributed by atoms with van der Waals surface area (Å²) < 4.78 is 38.2. The van der Waals surface area contributed by atoms with Crippen LogP contribution >= 0.6 is 11.6 Å². The van der Waals surface area contributed by atoms with Gasteiger partial charge in [-0.15, -0.1) is 0 Å². The molecule has 0 aromatic heterocycles. The molecule has 0 spiro atoms. The maximum Gasteiger partial charge on any atom is 0.416 e. The number of hydrogen-bond acceptors (Lipinski definition) is 2. The van der Waals surface area contributed by atoms with Crippen LogP contribution in [0.5, 0.6) is 0 Å². The second kappa shape index (κ2) is 5.21. The highest BCUT2D eigenvalue weighted by atomic mass is 35.5. The molecule has 2 atom stereocenters. The normalized spacial score (nSPS) is 24.6. The molecule has 2 nitrogen and oxygen atoms in total. The molecule has 1 fully saturated rings. The molecule has 0 saturated carbocycles. The van der Waals surface area contributed by atoms with E-state index >= 15 is 0 Å². The molecule has 1 aliphatic heterocycles. The molecule has 0 aliphatic carbocycles. The summed E-state index contributed by atoms with van der Waals surface area (Å²) in [7, 11) is 0. The van der Waals surface area contributed by atoms with Crippen molar-refractivity contribution in [1.82, 2.24) is 0 Å². The van der Waals surface area contributed by atoms with E-state index in [4.69, 9.17) is 17.3 Å². The van der Waals surface area contributed by atoms with Gasteiger partial charge in [-0.25, -0.2) is 0 Å². The van der Waals surface area contributed by atoms with Gasteiger partial charge >= 0.3 is 6.18 Å². The molecule has 106 valence electrons. The number of nitrogens with zero attached hydrogens (tertiary/aromatic N) is 1. The van der Waals surface area contributed by atoms with Crippen LogP contribution in [-0.2, 0) is 6.18 Å². The van der Waals surface area contributed by atoms with Crippen molar-refractivity contribution in [3.8, 4) is 0 Å². The van der Waals surface area contributed by atoms with Crippen LogP contribution in [0, 0.1) is 0 Å². The number of anilines is 1. The Bertz CT molecular complexity index is 462. The lowest BCUT2D eigenvalue weighted by Gasteiger charge is -2.38. The topological polar surface area (TPSA) is 29.3 Å². The Morgan fingerprint density at radius 2 is 2.05 bits per heavy atom. The van der Waals surface area contributed by atoms with Crippen molar-refractivity contribution in [3.05, 3.63) is 28.8 Å². The van der Waals surface area contributed by atoms with E-state index in [9.17, 15) is 13.2 Å². The number of alkyl halides is 3. The molecule has 1 aliphatic rings. The van der Waals surface area contributed by atoms with E-state index in [-0.39, 0.29) is 12.1 Å². The summed E-state index contributed by atoms with van der Waals surface area (Å²) in [6.07, 6.45) is -2.84. The Labute approximate surface area is 115 Å². The van der Waals surface area contributed by atoms with Gasteiger partial charge < -0.3 is 10.6 Å². The van der Waals surface area contributed by atoms with Gasteiger partial charge in [0.25, 0.3) is 0 Å². The molecule has 0 amide bonds. The van der Waals surface area contributed by atoms with Crippen molar-refractivity contribution in [2.24, 2.45) is 5.73 Å². The SMILES string of the molecule is CC1CC(N)CCN1c1cc(C(F)(F)F)ccc1Cl. The maximum atomic E-state index is 12.7. The lowest BCUT2D eigenvalue weighted by Crippen LogP contribution is -2.45. The molecule has 2 N–H and O–H groups in total. The van der Waals surface area contributed by atoms with Crippen LogP contribution in [0.25, 0.3) is 0 Å². The third-order valence-electron chi connectivity index (χ3n) is 3.50. The smallest absolute Gasteiger partial charge is 0.367 e. The predicted molar refractivity (Wildman–Crippen MR) is 70.5 cm³/mol. The molecule has 19 heavy (non-hydrogen) atoms. The van der Waals surface area contributed by atoms with Crippen molar-refractivity contribution in [3.63, 3.8) is 0 Å². The molecular formula is C13H16ClF3N2. The quantitative estimate of drug-likeness (QED) is 0.855. The average Bonchev–Trinajstić information content (AvgIpc) is 2.29. The van der Waals surface area contributed by atoms with Crippen molar-refractivity contribution in [2.45, 2.75) is 38.0 Å². The van der Waals surface area contributed by atoms with Crippen LogP contribution in [0.1, 0.15) is 25.3 Å². The molecule has 2 unspecified atom stereocenters. The molecule has 6 heteroatoms. The molecule has 0 bridgehead atoms. The second-order valence-electron chi connectivity index (χ2n) is 4.99. The molecule has 1 aromatic rings. The molecule has 1 saturated heterocycles. The van der Waals surface area contributed by atoms with Gasteiger partial charge in [-0.1, -0.05) is 11.6 Å². The van der Waals surface area contributed by atoms with Crippen molar-refractivity contribution in [2.75, 3.05) is 11.4 Å². The Balaban J connectivity index is 2.33. The first kappa shape index (κ1) is 14.5. The van der Waals surface area contributed by atoms with E-state index in [1.165, 1.54) is 6.07 Å². The first-order chi connectivity index (χ1) is 8.79. The predicted octanol–water partition coefficient (Wildman–Crippen LogP) is 3.67. The number of rotatable bonds is 1. The van der Waals surface area contributed by atoms with E-state index in [2.05, 4.69) is 0 Å². The third-order valence-corrected chi connectivity index (χ3v) is 3.82. The van der Waals surface area contributed by atoms with Crippen LogP contribution in [0.4, 0.5) is 18.9 Å². The Morgan fingerprint density at radius 3 is 2.63 bits per heavy atom. The first-order valence-electron chi connectivity index (χ1n) is 6.18. The van der Waals surface area contributed by atoms with Gasteiger partial charge in [-0.2, -0.15) is 13.2 Å². The Kier molecular flexibility index (Phi) is 3.97. The van der Waals surface area contributed by atoms with Gasteiger partial charge in [0.05, 0.1) is 16.3 Å². The van der Waals surface area contributed by atoms with E-state index in [0.717, 1.165) is 25.0 Å². The highest BCUT2D eigenvalue weighted by Gasteiger charge is 2.32. The highest BCUT2D eigenvalue weighted by molar-refractivity contribution is 6.33. The van der Waals surface area contributed by atoms with Gasteiger partial charge in [-0.3, -0.25) is 0 Å². The Morgan fingerprint density at radius 1 is 1.37 bits per heavy atom. The molecule has 2 rings (SSSR count). The monoisotopic (exact) mass is 292 g/mol. The number of hydrogen-bond donors (Lipinski definition) is 1. The number of nitrogens with two attached hydrogens (primary N) is 1. The molecule has 1 heterocycles. The highest BCUT2D eigenvalue weighted by Crippen LogP contribution is 2.37. The van der Waals surface area contributed by atoms with E-state index in [1.54, 1.807) is 0 Å². The third kappa shape index (κ3) is 3.15. The van der Waals surface area contributed by atoms with Gasteiger partial charge in [-0.05, 0) is 38.0 Å². The van der Waals surface area contributed by atoms with Crippen LogP contribution in [0.3, 0.4) is 0 Å². The number of benzene rings is 1. The summed E-state index contributed by atoms with van der Waals surface area (Å²) in [6, 6.07) is 3.63. The summed E-state index contributed by atoms with van der Waals surface area (Å²) in [6.45, 7) is 2.58. The summed E-state index contributed by atoms with van der Waals surface area (Å²) in [5.41, 5.74) is 5.63. The van der Waals surface area contributed by atoms with Crippen molar-refractivity contribution in [1.29, 1.82) is 0 Å². The molecule has 1 aromatic carbocycles. The van der Waals surface area contributed by atoms with Crippen LogP contribution in [-0.4, -0.2) is 18.6 Å². The number of piperidine rings is 1. The van der Waals surface area contributed by atoms with E-state index < -0.39 is 11.7 Å². The van der Waals surface area contributed by atoms with Crippen LogP contribution in [0.15, 0.2) is 18.2 Å². The summed E-state index contributed by atoms with van der Waals surface area (Å²) in [5, 5.41) is 0.343. The minimum Gasteiger partial charge on any atom is -0.367 e. The summed E-state index contributed by atoms with van der Waals surface area (Å²) in [5.74, 6) is 0. The fraction of sp³-hybridized carbons (Fsp3) is 0.538. The summed E-state index contributed by atoms with van der Waals surface area (Å²) >= 11 is 6.04.